The van der Waals surface area contributed by atoms with Crippen LogP contribution < -0.4 is 5.32 Å². The molecule has 0 bridgehead atoms. The molecule has 1 rings (SSSR count). The van der Waals surface area contributed by atoms with E-state index in [0.29, 0.717) is 23.2 Å². The highest BCUT2D eigenvalue weighted by molar-refractivity contribution is 6.31. The molecule has 0 fully saturated rings. The Morgan fingerprint density at radius 1 is 1.41 bits per heavy atom. The van der Waals surface area contributed by atoms with Gasteiger partial charge in [-0.1, -0.05) is 32.4 Å². The second-order valence-electron chi connectivity index (χ2n) is 5.68. The number of amides is 1. The topological polar surface area (TPSA) is 84.2 Å². The van der Waals surface area contributed by atoms with Gasteiger partial charge in [0.15, 0.2) is 0 Å². The van der Waals surface area contributed by atoms with Crippen molar-refractivity contribution in [3.8, 4) is 0 Å². The van der Waals surface area contributed by atoms with E-state index >= 15 is 0 Å². The first-order valence-corrected chi connectivity index (χ1v) is 7.51. The summed E-state index contributed by atoms with van der Waals surface area (Å²) < 4.78 is 1.71. The molecule has 1 heterocycles. The molecule has 0 aliphatic heterocycles. The van der Waals surface area contributed by atoms with E-state index in [0.717, 1.165) is 5.69 Å². The molecule has 22 heavy (non-hydrogen) atoms. The summed E-state index contributed by atoms with van der Waals surface area (Å²) in [6, 6.07) is 0. The van der Waals surface area contributed by atoms with E-state index in [1.165, 1.54) is 13.0 Å². The number of hydrogen-bond donors (Lipinski definition) is 2. The quantitative estimate of drug-likeness (QED) is 0.753. The van der Waals surface area contributed by atoms with E-state index in [9.17, 15) is 9.59 Å². The fraction of sp³-hybridized carbons (Fsp3) is 0.533. The first-order valence-electron chi connectivity index (χ1n) is 7.14. The number of aryl methyl sites for hydroxylation is 1. The molecule has 7 heteroatoms. The van der Waals surface area contributed by atoms with Gasteiger partial charge in [-0.25, -0.2) is 0 Å². The number of nitrogens with one attached hydrogen (secondary N) is 1. The number of aliphatic carboxylic acids is 1. The van der Waals surface area contributed by atoms with Crippen LogP contribution in [0.1, 0.15) is 32.0 Å². The Kier molecular flexibility index (Phi) is 6.61. The van der Waals surface area contributed by atoms with Gasteiger partial charge in [-0.2, -0.15) is 5.10 Å². The number of hydrogen-bond acceptors (Lipinski definition) is 3. The molecule has 0 aromatic carbocycles. The van der Waals surface area contributed by atoms with Gasteiger partial charge in [-0.05, 0) is 18.9 Å². The Balaban J connectivity index is 2.72. The van der Waals surface area contributed by atoms with E-state index in [1.807, 2.05) is 6.92 Å². The Hall–Kier alpha value is -1.82. The van der Waals surface area contributed by atoms with E-state index in [-0.39, 0.29) is 12.5 Å². The van der Waals surface area contributed by atoms with Crippen LogP contribution in [0.3, 0.4) is 0 Å². The first-order chi connectivity index (χ1) is 10.2. The molecule has 122 valence electrons. The normalized spacial score (nSPS) is 12.8. The number of aromatic nitrogens is 2. The molecule has 0 spiro atoms. The van der Waals surface area contributed by atoms with Crippen molar-refractivity contribution in [3.05, 3.63) is 22.5 Å². The second-order valence-corrected chi connectivity index (χ2v) is 6.04. The number of halogens is 1. The Morgan fingerprint density at radius 3 is 2.59 bits per heavy atom. The highest BCUT2D eigenvalue weighted by Crippen LogP contribution is 2.22. The fourth-order valence-corrected chi connectivity index (χ4v) is 2.09. The molecule has 6 nitrogen and oxygen atoms in total. The predicted octanol–water partition coefficient (Wildman–Crippen LogP) is 2.35. The summed E-state index contributed by atoms with van der Waals surface area (Å²) in [5, 5.41) is 16.1. The molecule has 0 saturated heterocycles. The van der Waals surface area contributed by atoms with Crippen molar-refractivity contribution in [1.82, 2.24) is 15.1 Å². The number of carbonyl (C=O) groups is 2. The number of carboxylic acids is 1. The third-order valence-corrected chi connectivity index (χ3v) is 3.45. The molecule has 0 aliphatic rings. The average Bonchev–Trinajstić information content (AvgIpc) is 2.67. The van der Waals surface area contributed by atoms with E-state index < -0.39 is 11.9 Å². The molecule has 1 unspecified atom stereocenters. The molecule has 1 aromatic rings. The highest BCUT2D eigenvalue weighted by Gasteiger charge is 2.13. The maximum atomic E-state index is 11.7. The van der Waals surface area contributed by atoms with Crippen LogP contribution in [0.25, 0.3) is 6.08 Å². The fourth-order valence-electron chi connectivity index (χ4n) is 1.78. The lowest BCUT2D eigenvalue weighted by Crippen LogP contribution is -2.30. The average molecular weight is 328 g/mol. The van der Waals surface area contributed by atoms with Gasteiger partial charge in [-0.3, -0.25) is 14.3 Å². The third kappa shape index (κ3) is 5.18. The largest absolute Gasteiger partial charge is 0.481 e. The summed E-state index contributed by atoms with van der Waals surface area (Å²) in [7, 11) is 0. The summed E-state index contributed by atoms with van der Waals surface area (Å²) >= 11 is 6.27. The summed E-state index contributed by atoms with van der Waals surface area (Å²) in [5.74, 6) is -1.52. The summed E-state index contributed by atoms with van der Waals surface area (Å²) in [6.07, 6.45) is 2.94. The predicted molar refractivity (Wildman–Crippen MR) is 85.7 cm³/mol. The van der Waals surface area contributed by atoms with Crippen molar-refractivity contribution in [1.29, 1.82) is 0 Å². The van der Waals surface area contributed by atoms with Crippen molar-refractivity contribution in [3.63, 3.8) is 0 Å². The van der Waals surface area contributed by atoms with Gasteiger partial charge in [0, 0.05) is 24.7 Å². The van der Waals surface area contributed by atoms with Crippen LogP contribution in [-0.4, -0.2) is 33.3 Å². The van der Waals surface area contributed by atoms with Gasteiger partial charge in [0.25, 0.3) is 0 Å². The molecule has 0 saturated carbocycles. The molecular weight excluding hydrogens is 306 g/mol. The van der Waals surface area contributed by atoms with Crippen LogP contribution in [-0.2, 0) is 16.1 Å². The van der Waals surface area contributed by atoms with Crippen LogP contribution >= 0.6 is 11.6 Å². The van der Waals surface area contributed by atoms with Crippen molar-refractivity contribution in [2.75, 3.05) is 6.54 Å². The Morgan fingerprint density at radius 2 is 2.05 bits per heavy atom. The Labute approximate surface area is 135 Å². The van der Waals surface area contributed by atoms with Crippen LogP contribution in [0.4, 0.5) is 0 Å². The first kappa shape index (κ1) is 18.2. The van der Waals surface area contributed by atoms with Crippen LogP contribution in [0, 0.1) is 18.8 Å². The van der Waals surface area contributed by atoms with Crippen LogP contribution in [0.2, 0.25) is 5.15 Å². The third-order valence-electron chi connectivity index (χ3n) is 3.05. The van der Waals surface area contributed by atoms with Crippen molar-refractivity contribution >= 4 is 29.6 Å². The SMILES string of the molecule is Cc1nn(CC(C)C)c(Cl)c1/C=C/C(=O)NCC(C)C(=O)O. The molecule has 0 aliphatic carbocycles. The van der Waals surface area contributed by atoms with Gasteiger partial charge in [0.05, 0.1) is 11.6 Å². The molecular formula is C15H22ClN3O3. The monoisotopic (exact) mass is 327 g/mol. The minimum absolute atomic E-state index is 0.0812. The molecule has 0 radical (unpaired) electrons. The zero-order valence-corrected chi connectivity index (χ0v) is 14.0. The minimum atomic E-state index is -0.946. The van der Waals surface area contributed by atoms with E-state index in [1.54, 1.807) is 10.8 Å². The molecule has 1 aromatic heterocycles. The van der Waals surface area contributed by atoms with Gasteiger partial charge in [-0.15, -0.1) is 0 Å². The Bertz CT molecular complexity index is 579. The van der Waals surface area contributed by atoms with Crippen LogP contribution in [0.15, 0.2) is 6.08 Å². The zero-order valence-electron chi connectivity index (χ0n) is 13.3. The zero-order chi connectivity index (χ0) is 16.9. The lowest BCUT2D eigenvalue weighted by Gasteiger charge is -2.06. The maximum Gasteiger partial charge on any atom is 0.308 e. The molecule has 1 atom stereocenters. The smallest absolute Gasteiger partial charge is 0.308 e. The van der Waals surface area contributed by atoms with Gasteiger partial charge >= 0.3 is 5.97 Å². The summed E-state index contributed by atoms with van der Waals surface area (Å²) in [6.45, 7) is 8.28. The lowest BCUT2D eigenvalue weighted by molar-refractivity contribution is -0.141. The van der Waals surface area contributed by atoms with E-state index in [2.05, 4.69) is 24.3 Å². The van der Waals surface area contributed by atoms with Crippen molar-refractivity contribution < 1.29 is 14.7 Å². The van der Waals surface area contributed by atoms with Gasteiger partial charge < -0.3 is 10.4 Å². The molecule has 1 amide bonds. The van der Waals surface area contributed by atoms with E-state index in [4.69, 9.17) is 16.7 Å². The highest BCUT2D eigenvalue weighted by atomic mass is 35.5. The van der Waals surface area contributed by atoms with Crippen molar-refractivity contribution in [2.24, 2.45) is 11.8 Å². The number of carbonyl (C=O) groups excluding carboxylic acids is 1. The number of nitrogens with zero attached hydrogens (tertiary/aromatic N) is 2. The van der Waals surface area contributed by atoms with Gasteiger partial charge in [0.1, 0.15) is 5.15 Å². The molecule has 2 N–H and O–H groups in total. The van der Waals surface area contributed by atoms with Crippen LogP contribution in [0.5, 0.6) is 0 Å². The van der Waals surface area contributed by atoms with Gasteiger partial charge in [0.2, 0.25) is 5.91 Å². The lowest BCUT2D eigenvalue weighted by atomic mass is 10.2. The summed E-state index contributed by atoms with van der Waals surface area (Å²) in [4.78, 5) is 22.4. The second kappa shape index (κ2) is 7.98. The standard InChI is InChI=1S/C15H22ClN3O3/c1-9(2)8-19-14(16)12(11(4)18-19)5-6-13(20)17-7-10(3)15(21)22/h5-6,9-10H,7-8H2,1-4H3,(H,17,20)(H,21,22)/b6-5+. The maximum absolute atomic E-state index is 11.7. The van der Waals surface area contributed by atoms with Crippen molar-refractivity contribution in [2.45, 2.75) is 34.2 Å². The summed E-state index contributed by atoms with van der Waals surface area (Å²) in [5.41, 5.74) is 1.44. The number of rotatable bonds is 7. The number of carboxylic acid groups (broad SMARTS) is 1. The minimum Gasteiger partial charge on any atom is -0.481 e.